The number of carbonyl (C=O) groups excluding carboxylic acids is 1. The van der Waals surface area contributed by atoms with Crippen LogP contribution in [0, 0.1) is 17.5 Å². The average molecular weight is 374 g/mol. The Morgan fingerprint density at radius 2 is 1.81 bits per heavy atom. The molecule has 27 heavy (non-hydrogen) atoms. The third-order valence-electron chi connectivity index (χ3n) is 3.52. The Morgan fingerprint density at radius 1 is 1.00 bits per heavy atom. The van der Waals surface area contributed by atoms with E-state index in [0.29, 0.717) is 11.4 Å². The van der Waals surface area contributed by atoms with Crippen molar-refractivity contribution in [3.05, 3.63) is 71.7 Å². The van der Waals surface area contributed by atoms with Gasteiger partial charge in [0.25, 0.3) is 5.91 Å². The van der Waals surface area contributed by atoms with Gasteiger partial charge in [0.05, 0.1) is 12.8 Å². The highest BCUT2D eigenvalue weighted by Crippen LogP contribution is 2.22. The highest BCUT2D eigenvalue weighted by atomic mass is 19.2. The number of carbonyl (C=O) groups is 1. The second-order valence-corrected chi connectivity index (χ2v) is 5.34. The Morgan fingerprint density at radius 3 is 2.52 bits per heavy atom. The van der Waals surface area contributed by atoms with Gasteiger partial charge < -0.3 is 15.4 Å². The molecule has 0 saturated heterocycles. The number of hydrogen-bond donors (Lipinski definition) is 2. The fourth-order valence-corrected chi connectivity index (χ4v) is 2.18. The SMILES string of the molecule is COc1cccc(NC(=O)c2ccc(Nc3ccc(F)c(F)c3F)nn2)c1. The monoisotopic (exact) mass is 374 g/mol. The minimum atomic E-state index is -1.60. The molecule has 2 N–H and O–H groups in total. The predicted octanol–water partition coefficient (Wildman–Crippen LogP) is 3.90. The largest absolute Gasteiger partial charge is 0.497 e. The first-order valence-corrected chi connectivity index (χ1v) is 7.67. The van der Waals surface area contributed by atoms with Crippen molar-refractivity contribution < 1.29 is 22.7 Å². The second-order valence-electron chi connectivity index (χ2n) is 5.34. The molecule has 2 aromatic carbocycles. The van der Waals surface area contributed by atoms with Crippen LogP contribution in [0.15, 0.2) is 48.5 Å². The molecule has 3 rings (SSSR count). The van der Waals surface area contributed by atoms with Crippen LogP contribution in [0.25, 0.3) is 0 Å². The molecule has 1 aromatic heterocycles. The molecule has 0 atom stereocenters. The zero-order valence-electron chi connectivity index (χ0n) is 14.0. The summed E-state index contributed by atoms with van der Waals surface area (Å²) in [5, 5.41) is 12.6. The molecule has 9 heteroatoms. The maximum absolute atomic E-state index is 13.7. The van der Waals surface area contributed by atoms with Crippen LogP contribution in [0.4, 0.5) is 30.4 Å². The summed E-state index contributed by atoms with van der Waals surface area (Å²) < 4.78 is 44.9. The molecule has 0 spiro atoms. The molecule has 138 valence electrons. The maximum Gasteiger partial charge on any atom is 0.276 e. The van der Waals surface area contributed by atoms with Crippen molar-refractivity contribution in [1.82, 2.24) is 10.2 Å². The Labute approximate surface area is 152 Å². The van der Waals surface area contributed by atoms with E-state index in [-0.39, 0.29) is 17.2 Å². The molecule has 0 aliphatic heterocycles. The van der Waals surface area contributed by atoms with Crippen molar-refractivity contribution in [2.75, 3.05) is 17.7 Å². The average Bonchev–Trinajstić information content (AvgIpc) is 2.69. The fraction of sp³-hybridized carbons (Fsp3) is 0.0556. The number of ether oxygens (including phenoxy) is 1. The lowest BCUT2D eigenvalue weighted by Crippen LogP contribution is -2.14. The number of aromatic nitrogens is 2. The first kappa shape index (κ1) is 18.2. The topological polar surface area (TPSA) is 76.1 Å². The number of benzene rings is 2. The van der Waals surface area contributed by atoms with Crippen molar-refractivity contribution in [3.63, 3.8) is 0 Å². The van der Waals surface area contributed by atoms with E-state index in [0.717, 1.165) is 12.1 Å². The van der Waals surface area contributed by atoms with Gasteiger partial charge in [-0.15, -0.1) is 10.2 Å². The minimum absolute atomic E-state index is 0.00845. The van der Waals surface area contributed by atoms with Crippen molar-refractivity contribution in [3.8, 4) is 5.75 Å². The number of hydrogen-bond acceptors (Lipinski definition) is 5. The number of nitrogens with zero attached hydrogens (tertiary/aromatic N) is 2. The van der Waals surface area contributed by atoms with E-state index in [9.17, 15) is 18.0 Å². The lowest BCUT2D eigenvalue weighted by molar-refractivity contribution is 0.102. The summed E-state index contributed by atoms with van der Waals surface area (Å²) >= 11 is 0. The third-order valence-corrected chi connectivity index (χ3v) is 3.52. The van der Waals surface area contributed by atoms with Crippen molar-refractivity contribution in [1.29, 1.82) is 0 Å². The van der Waals surface area contributed by atoms with E-state index in [2.05, 4.69) is 20.8 Å². The highest BCUT2D eigenvalue weighted by molar-refractivity contribution is 6.02. The summed E-state index contributed by atoms with van der Waals surface area (Å²) in [7, 11) is 1.51. The normalized spacial score (nSPS) is 10.4. The summed E-state index contributed by atoms with van der Waals surface area (Å²) in [6, 6.07) is 11.3. The molecule has 0 bridgehead atoms. The Hall–Kier alpha value is -3.62. The zero-order valence-corrected chi connectivity index (χ0v) is 14.0. The maximum atomic E-state index is 13.7. The van der Waals surface area contributed by atoms with Crippen molar-refractivity contribution in [2.24, 2.45) is 0 Å². The van der Waals surface area contributed by atoms with Crippen LogP contribution in [-0.4, -0.2) is 23.2 Å². The molecule has 0 aliphatic carbocycles. The predicted molar refractivity (Wildman–Crippen MR) is 92.6 cm³/mol. The van der Waals surface area contributed by atoms with Gasteiger partial charge in [-0.05, 0) is 36.4 Å². The van der Waals surface area contributed by atoms with Crippen LogP contribution in [0.3, 0.4) is 0 Å². The summed E-state index contributed by atoms with van der Waals surface area (Å²) in [6.07, 6.45) is 0. The Balaban J connectivity index is 1.71. The molecule has 1 amide bonds. The molecule has 0 unspecified atom stereocenters. The molecule has 3 aromatic rings. The second kappa shape index (κ2) is 7.73. The number of rotatable bonds is 5. The molecule has 0 radical (unpaired) electrons. The van der Waals surface area contributed by atoms with Gasteiger partial charge in [0.15, 0.2) is 29.0 Å². The lowest BCUT2D eigenvalue weighted by atomic mass is 10.2. The van der Waals surface area contributed by atoms with Gasteiger partial charge in [0.1, 0.15) is 5.75 Å². The summed E-state index contributed by atoms with van der Waals surface area (Å²) in [5.74, 6) is -4.15. The van der Waals surface area contributed by atoms with E-state index in [1.54, 1.807) is 24.3 Å². The molecular weight excluding hydrogens is 361 g/mol. The lowest BCUT2D eigenvalue weighted by Gasteiger charge is -2.08. The van der Waals surface area contributed by atoms with Crippen LogP contribution in [-0.2, 0) is 0 Å². The fourth-order valence-electron chi connectivity index (χ4n) is 2.18. The van der Waals surface area contributed by atoms with Crippen molar-refractivity contribution >= 4 is 23.1 Å². The van der Waals surface area contributed by atoms with Gasteiger partial charge in [-0.2, -0.15) is 0 Å². The van der Waals surface area contributed by atoms with Gasteiger partial charge in [0, 0.05) is 11.8 Å². The van der Waals surface area contributed by atoms with E-state index < -0.39 is 23.4 Å². The molecular formula is C18H13F3N4O2. The van der Waals surface area contributed by atoms with E-state index in [1.165, 1.54) is 19.2 Å². The van der Waals surface area contributed by atoms with Gasteiger partial charge in [-0.25, -0.2) is 13.2 Å². The van der Waals surface area contributed by atoms with Gasteiger partial charge in [0.2, 0.25) is 0 Å². The van der Waals surface area contributed by atoms with Crippen LogP contribution in [0.1, 0.15) is 10.5 Å². The molecule has 6 nitrogen and oxygen atoms in total. The van der Waals surface area contributed by atoms with E-state index in [4.69, 9.17) is 4.74 Å². The molecule has 0 fully saturated rings. The number of nitrogens with one attached hydrogen (secondary N) is 2. The van der Waals surface area contributed by atoms with Gasteiger partial charge in [-0.3, -0.25) is 4.79 Å². The number of methoxy groups -OCH3 is 1. The summed E-state index contributed by atoms with van der Waals surface area (Å²) in [5.41, 5.74) is 0.207. The quantitative estimate of drug-likeness (QED) is 0.663. The first-order valence-electron chi connectivity index (χ1n) is 7.67. The van der Waals surface area contributed by atoms with Crippen LogP contribution >= 0.6 is 0 Å². The summed E-state index contributed by atoms with van der Waals surface area (Å²) in [4.78, 5) is 12.2. The van der Waals surface area contributed by atoms with Gasteiger partial charge >= 0.3 is 0 Å². The van der Waals surface area contributed by atoms with E-state index in [1.807, 2.05) is 0 Å². The molecule has 1 heterocycles. The smallest absolute Gasteiger partial charge is 0.276 e. The van der Waals surface area contributed by atoms with Crippen LogP contribution in [0.2, 0.25) is 0 Å². The standard InChI is InChI=1S/C18H13F3N4O2/c1-27-11-4-2-3-10(9-11)22-18(26)14-7-8-15(25-24-14)23-13-6-5-12(19)16(20)17(13)21/h2-9H,1H3,(H,22,26)(H,23,25). The van der Waals surface area contributed by atoms with Crippen LogP contribution < -0.4 is 15.4 Å². The first-order chi connectivity index (χ1) is 13.0. The number of halogens is 3. The van der Waals surface area contributed by atoms with Crippen LogP contribution in [0.5, 0.6) is 5.75 Å². The molecule has 0 aliphatic rings. The van der Waals surface area contributed by atoms with Crippen molar-refractivity contribution in [2.45, 2.75) is 0 Å². The number of anilines is 3. The minimum Gasteiger partial charge on any atom is -0.497 e. The summed E-state index contributed by atoms with van der Waals surface area (Å²) in [6.45, 7) is 0. The van der Waals surface area contributed by atoms with E-state index >= 15 is 0 Å². The van der Waals surface area contributed by atoms with Gasteiger partial charge in [-0.1, -0.05) is 6.07 Å². The third kappa shape index (κ3) is 4.14. The Kier molecular flexibility index (Phi) is 5.20. The zero-order chi connectivity index (χ0) is 19.4. The molecule has 0 saturated carbocycles. The highest BCUT2D eigenvalue weighted by Gasteiger charge is 2.14. The Bertz CT molecular complexity index is 981. The number of amides is 1.